The molecule has 0 radical (unpaired) electrons. The highest BCUT2D eigenvalue weighted by molar-refractivity contribution is 8.45. The third kappa shape index (κ3) is 3.02. The molecular formula is C12H12BF5S. The Balaban J connectivity index is 2.65. The first kappa shape index (κ1) is 14.2. The molecule has 0 fully saturated rings. The van der Waals surface area contributed by atoms with E-state index in [1.54, 1.807) is 12.1 Å². The van der Waals surface area contributed by atoms with Crippen molar-refractivity contribution in [3.63, 3.8) is 0 Å². The summed E-state index contributed by atoms with van der Waals surface area (Å²) in [5, 5.41) is 0.687. The number of halogens is 5. The van der Waals surface area contributed by atoms with Gasteiger partial charge < -0.3 is 0 Å². The van der Waals surface area contributed by atoms with Crippen LogP contribution in [0.5, 0.6) is 0 Å². The maximum absolute atomic E-state index is 12.7. The summed E-state index contributed by atoms with van der Waals surface area (Å²) in [6.07, 6.45) is 0. The molecule has 104 valence electrons. The molecule has 0 nitrogen and oxygen atoms in total. The van der Waals surface area contributed by atoms with Gasteiger partial charge in [-0.1, -0.05) is 62.8 Å². The van der Waals surface area contributed by atoms with E-state index in [-0.39, 0.29) is 12.1 Å². The normalized spacial score (nSPS) is 15.9. The quantitative estimate of drug-likeness (QED) is 0.509. The lowest BCUT2D eigenvalue weighted by Gasteiger charge is -2.40. The fourth-order valence-corrected chi connectivity index (χ4v) is 2.52. The molecule has 0 atom stereocenters. The lowest BCUT2D eigenvalue weighted by Crippen LogP contribution is -2.21. The fraction of sp³-hybridized carbons (Fsp3) is 0.167. The van der Waals surface area contributed by atoms with Gasteiger partial charge in [0.05, 0.1) is 0 Å². The predicted octanol–water partition coefficient (Wildman–Crippen LogP) is 5.46. The van der Waals surface area contributed by atoms with Gasteiger partial charge in [0.1, 0.15) is 4.90 Å². The molecule has 2 rings (SSSR count). The van der Waals surface area contributed by atoms with Gasteiger partial charge in [-0.15, -0.1) is 0 Å². The van der Waals surface area contributed by atoms with Gasteiger partial charge in [0.25, 0.3) is 0 Å². The van der Waals surface area contributed by atoms with Crippen molar-refractivity contribution >= 4 is 33.2 Å². The van der Waals surface area contributed by atoms with E-state index in [4.69, 9.17) is 0 Å². The number of hydrogen-bond donors (Lipinski definition) is 0. The molecule has 0 aliphatic carbocycles. The zero-order valence-electron chi connectivity index (χ0n) is 10.3. The largest absolute Gasteiger partial charge is 0.310 e. The molecule has 7 heteroatoms. The van der Waals surface area contributed by atoms with Crippen molar-refractivity contribution in [3.8, 4) is 0 Å². The zero-order chi connectivity index (χ0) is 14.5. The summed E-state index contributed by atoms with van der Waals surface area (Å²) in [4.78, 5) is -1.84. The van der Waals surface area contributed by atoms with Crippen LogP contribution >= 0.6 is 10.2 Å². The van der Waals surface area contributed by atoms with Gasteiger partial charge in [-0.25, -0.2) is 0 Å². The van der Waals surface area contributed by atoms with Crippen molar-refractivity contribution in [2.24, 2.45) is 0 Å². The Morgan fingerprint density at radius 1 is 0.789 bits per heavy atom. The minimum Gasteiger partial charge on any atom is -0.0936 e. The molecule has 0 saturated carbocycles. The van der Waals surface area contributed by atoms with Crippen LogP contribution in [0.3, 0.4) is 0 Å². The molecule has 0 aliphatic heterocycles. The number of hydrogen-bond acceptors (Lipinski definition) is 0. The van der Waals surface area contributed by atoms with Crippen LogP contribution in [0.1, 0.15) is 0 Å². The summed E-state index contributed by atoms with van der Waals surface area (Å²) in [6.45, 7) is 4.12. The third-order valence-corrected chi connectivity index (χ3v) is 4.09. The van der Waals surface area contributed by atoms with Crippen LogP contribution in [0.2, 0.25) is 13.6 Å². The first-order chi connectivity index (χ1) is 8.36. The fourth-order valence-electron chi connectivity index (χ4n) is 1.84. The van der Waals surface area contributed by atoms with Crippen LogP contribution in [-0.4, -0.2) is 6.71 Å². The standard InChI is InChI=1S/C12H12BF5S/c1-13(2)11-5-3-10-8-12(6-4-9(10)7-11)19(14,15,16,17)18/h3-8H,1-2H3. The smallest absolute Gasteiger partial charge is 0.0936 e. The van der Waals surface area contributed by atoms with E-state index >= 15 is 0 Å². The van der Waals surface area contributed by atoms with Crippen molar-refractivity contribution in [1.82, 2.24) is 0 Å². The molecule has 0 spiro atoms. The minimum absolute atomic E-state index is 0.162. The average Bonchev–Trinajstić information content (AvgIpc) is 2.24. The van der Waals surface area contributed by atoms with Gasteiger partial charge in [-0.3, -0.25) is 0 Å². The Bertz CT molecular complexity index is 648. The first-order valence-electron chi connectivity index (χ1n) is 5.65. The van der Waals surface area contributed by atoms with Crippen LogP contribution in [0.4, 0.5) is 19.4 Å². The molecule has 0 bridgehead atoms. The van der Waals surface area contributed by atoms with Crippen molar-refractivity contribution in [2.45, 2.75) is 18.5 Å². The van der Waals surface area contributed by atoms with Gasteiger partial charge >= 0.3 is 10.2 Å². The Labute approximate surface area is 108 Å². The van der Waals surface area contributed by atoms with Crippen molar-refractivity contribution in [1.29, 1.82) is 0 Å². The molecule has 0 heterocycles. The van der Waals surface area contributed by atoms with Crippen LogP contribution in [-0.2, 0) is 0 Å². The number of fused-ring (bicyclic) bond motifs is 1. The summed E-state index contributed by atoms with van der Waals surface area (Å²) >= 11 is 0. The SMILES string of the molecule is CB(C)c1ccc2cc(S(F)(F)(F)(F)F)ccc2c1. The predicted molar refractivity (Wildman–Crippen MR) is 72.5 cm³/mol. The molecule has 2 aromatic carbocycles. The topological polar surface area (TPSA) is 0 Å². The second-order valence-corrected chi connectivity index (χ2v) is 7.30. The first-order valence-corrected chi connectivity index (χ1v) is 7.60. The summed E-state index contributed by atoms with van der Waals surface area (Å²) in [5.74, 6) is 0. The minimum atomic E-state index is -9.59. The molecule has 0 unspecified atom stereocenters. The molecule has 19 heavy (non-hydrogen) atoms. The van der Waals surface area contributed by atoms with Crippen LogP contribution < -0.4 is 5.46 Å². The van der Waals surface area contributed by atoms with Crippen molar-refractivity contribution in [3.05, 3.63) is 36.4 Å². The van der Waals surface area contributed by atoms with Gasteiger partial charge in [-0.05, 0) is 22.9 Å². The second-order valence-electron chi connectivity index (χ2n) is 4.89. The van der Waals surface area contributed by atoms with E-state index < -0.39 is 15.1 Å². The van der Waals surface area contributed by atoms with Gasteiger partial charge in [0, 0.05) is 0 Å². The lowest BCUT2D eigenvalue weighted by atomic mass is 9.49. The highest BCUT2D eigenvalue weighted by atomic mass is 32.5. The van der Waals surface area contributed by atoms with Gasteiger partial charge in [-0.2, -0.15) is 0 Å². The summed E-state index contributed by atoms with van der Waals surface area (Å²) in [5.41, 5.74) is 0.951. The number of rotatable bonds is 2. The summed E-state index contributed by atoms with van der Waals surface area (Å²) in [7, 11) is -9.59. The Morgan fingerprint density at radius 2 is 1.32 bits per heavy atom. The second kappa shape index (κ2) is 3.45. The molecule has 2 aromatic rings. The third-order valence-electron chi connectivity index (χ3n) is 2.95. The molecule has 0 saturated heterocycles. The molecular weight excluding hydrogens is 282 g/mol. The molecule has 0 aliphatic rings. The van der Waals surface area contributed by atoms with Crippen LogP contribution in [0.25, 0.3) is 10.8 Å². The monoisotopic (exact) mass is 294 g/mol. The highest BCUT2D eigenvalue weighted by Gasteiger charge is 2.65. The van der Waals surface area contributed by atoms with E-state index in [0.29, 0.717) is 17.5 Å². The van der Waals surface area contributed by atoms with E-state index in [2.05, 4.69) is 0 Å². The zero-order valence-corrected chi connectivity index (χ0v) is 11.2. The van der Waals surface area contributed by atoms with Gasteiger partial charge in [0.2, 0.25) is 0 Å². The average molecular weight is 294 g/mol. The number of benzene rings is 2. The van der Waals surface area contributed by atoms with Crippen molar-refractivity contribution < 1.29 is 19.4 Å². The lowest BCUT2D eigenvalue weighted by molar-refractivity contribution is 0.364. The molecule has 0 aromatic heterocycles. The van der Waals surface area contributed by atoms with Crippen LogP contribution in [0, 0.1) is 0 Å². The maximum Gasteiger partial charge on any atom is 0.310 e. The summed E-state index contributed by atoms with van der Waals surface area (Å²) in [6, 6.07) is 6.87. The maximum atomic E-state index is 12.7. The van der Waals surface area contributed by atoms with E-state index in [1.807, 2.05) is 13.6 Å². The van der Waals surface area contributed by atoms with Gasteiger partial charge in [0.15, 0.2) is 6.71 Å². The van der Waals surface area contributed by atoms with E-state index in [9.17, 15) is 19.4 Å². The Morgan fingerprint density at radius 3 is 1.84 bits per heavy atom. The van der Waals surface area contributed by atoms with Crippen LogP contribution in [0.15, 0.2) is 41.3 Å². The van der Waals surface area contributed by atoms with E-state index in [1.165, 1.54) is 6.07 Å². The molecule has 0 amide bonds. The van der Waals surface area contributed by atoms with E-state index in [0.717, 1.165) is 11.5 Å². The summed E-state index contributed by atoms with van der Waals surface area (Å²) < 4.78 is 63.4. The Kier molecular flexibility index (Phi) is 2.57. The van der Waals surface area contributed by atoms with Crippen molar-refractivity contribution in [2.75, 3.05) is 0 Å². The molecule has 0 N–H and O–H groups in total. The highest BCUT2D eigenvalue weighted by Crippen LogP contribution is 3.02. The Hall–Kier alpha value is -1.24.